The Morgan fingerprint density at radius 3 is 2.33 bits per heavy atom. The smallest absolute Gasteiger partial charge is 0.156 e. The van der Waals surface area contributed by atoms with Crippen LogP contribution in [0.4, 0.5) is 0 Å². The molecule has 0 fully saturated rings. The Morgan fingerprint density at radius 1 is 1.42 bits per heavy atom. The molecule has 0 saturated carbocycles. The van der Waals surface area contributed by atoms with Crippen molar-refractivity contribution in [2.24, 2.45) is 0 Å². The first-order chi connectivity index (χ1) is 5.40. The molecular formula is C7H10NO3S. The zero-order chi connectivity index (χ0) is 9.35. The number of hydrogen-bond donors (Lipinski definition) is 0. The first kappa shape index (κ1) is 9.25. The summed E-state index contributed by atoms with van der Waals surface area (Å²) in [5.74, 6) is 1.69. The molecule has 0 aromatic carbocycles. The highest BCUT2D eigenvalue weighted by Gasteiger charge is 2.14. The van der Waals surface area contributed by atoms with Gasteiger partial charge in [-0.1, -0.05) is 5.16 Å². The molecule has 0 saturated heterocycles. The van der Waals surface area contributed by atoms with Crippen molar-refractivity contribution in [1.29, 1.82) is 0 Å². The van der Waals surface area contributed by atoms with Crippen molar-refractivity contribution in [2.45, 2.75) is 13.8 Å². The predicted octanol–water partition coefficient (Wildman–Crippen LogP) is 0.846. The molecule has 0 N–H and O–H groups in total. The molecule has 1 heterocycles. The van der Waals surface area contributed by atoms with Crippen molar-refractivity contribution in [3.8, 4) is 0 Å². The molecule has 0 spiro atoms. The van der Waals surface area contributed by atoms with Crippen LogP contribution in [0.2, 0.25) is 0 Å². The van der Waals surface area contributed by atoms with Crippen molar-refractivity contribution in [2.75, 3.05) is 6.26 Å². The van der Waals surface area contributed by atoms with Crippen LogP contribution in [0.3, 0.4) is 0 Å². The summed E-state index contributed by atoms with van der Waals surface area (Å²) in [5, 5.41) is 3.63. The second-order valence-electron chi connectivity index (χ2n) is 2.69. The first-order valence-corrected chi connectivity index (χ1v) is 5.33. The molecule has 0 bridgehead atoms. The lowest BCUT2D eigenvalue weighted by Crippen LogP contribution is -1.99. The Balaban J connectivity index is 3.04. The highest BCUT2D eigenvalue weighted by atomic mass is 32.2. The van der Waals surface area contributed by atoms with Crippen molar-refractivity contribution in [3.05, 3.63) is 22.8 Å². The van der Waals surface area contributed by atoms with Gasteiger partial charge in [0.2, 0.25) is 0 Å². The van der Waals surface area contributed by atoms with Crippen molar-refractivity contribution < 1.29 is 12.9 Å². The van der Waals surface area contributed by atoms with E-state index in [1.165, 1.54) is 0 Å². The normalized spacial score (nSPS) is 11.9. The van der Waals surface area contributed by atoms with Crippen LogP contribution >= 0.6 is 0 Å². The first-order valence-electron chi connectivity index (χ1n) is 3.38. The monoisotopic (exact) mass is 188 g/mol. The Kier molecular flexibility index (Phi) is 2.23. The van der Waals surface area contributed by atoms with Crippen LogP contribution in [0, 0.1) is 19.6 Å². The molecule has 12 heavy (non-hydrogen) atoms. The molecule has 0 aliphatic heterocycles. The number of aryl methyl sites for hydroxylation is 2. The van der Waals surface area contributed by atoms with E-state index in [9.17, 15) is 8.42 Å². The van der Waals surface area contributed by atoms with Crippen LogP contribution in [-0.4, -0.2) is 19.8 Å². The van der Waals surface area contributed by atoms with Crippen LogP contribution in [-0.2, 0) is 9.84 Å². The summed E-state index contributed by atoms with van der Waals surface area (Å²) in [5.41, 5.74) is 1.15. The molecule has 1 rings (SSSR count). The quantitative estimate of drug-likeness (QED) is 0.690. The molecule has 4 nitrogen and oxygen atoms in total. The third-order valence-corrected chi connectivity index (χ3v) is 2.08. The van der Waals surface area contributed by atoms with Gasteiger partial charge >= 0.3 is 0 Å². The molecule has 67 valence electrons. The maximum Gasteiger partial charge on any atom is 0.156 e. The van der Waals surface area contributed by atoms with Gasteiger partial charge in [0.25, 0.3) is 0 Å². The summed E-state index contributed by atoms with van der Waals surface area (Å²) in [7, 11) is -3.12. The van der Waals surface area contributed by atoms with E-state index in [4.69, 9.17) is 4.52 Å². The van der Waals surface area contributed by atoms with E-state index >= 15 is 0 Å². The van der Waals surface area contributed by atoms with E-state index in [0.717, 1.165) is 12.0 Å². The topological polar surface area (TPSA) is 60.2 Å². The van der Waals surface area contributed by atoms with E-state index in [1.807, 2.05) is 0 Å². The fourth-order valence-corrected chi connectivity index (χ4v) is 1.64. The number of rotatable bonds is 2. The standard InChI is InChI=1S/C7H10NO3S/c1-5-7(4-12(3,9)10)6(2)11-8-5/h4H,1-3H3. The molecular weight excluding hydrogens is 178 g/mol. The summed E-state index contributed by atoms with van der Waals surface area (Å²) in [6.07, 6.45) is 1.14. The minimum Gasteiger partial charge on any atom is -0.361 e. The molecule has 1 aromatic rings. The Labute approximate surface area is 71.5 Å². The molecule has 0 unspecified atom stereocenters. The second-order valence-corrected chi connectivity index (χ2v) is 4.58. The molecule has 1 aromatic heterocycles. The van der Waals surface area contributed by atoms with Gasteiger partial charge in [0.1, 0.15) is 11.5 Å². The van der Waals surface area contributed by atoms with Gasteiger partial charge in [-0.3, -0.25) is 0 Å². The van der Waals surface area contributed by atoms with Crippen molar-refractivity contribution >= 4 is 9.84 Å². The van der Waals surface area contributed by atoms with Gasteiger partial charge in [0, 0.05) is 11.8 Å². The largest absolute Gasteiger partial charge is 0.361 e. The van der Waals surface area contributed by atoms with E-state index in [-0.39, 0.29) is 0 Å². The number of hydrogen-bond acceptors (Lipinski definition) is 4. The average molecular weight is 188 g/mol. The Morgan fingerprint density at radius 2 is 2.00 bits per heavy atom. The Hall–Kier alpha value is -0.840. The van der Waals surface area contributed by atoms with Crippen molar-refractivity contribution in [1.82, 2.24) is 5.16 Å². The third kappa shape index (κ3) is 2.07. The zero-order valence-electron chi connectivity index (χ0n) is 7.16. The number of nitrogens with zero attached hydrogens (tertiary/aromatic N) is 1. The van der Waals surface area contributed by atoms with Gasteiger partial charge in [0.05, 0.1) is 5.69 Å². The third-order valence-electron chi connectivity index (χ3n) is 1.42. The van der Waals surface area contributed by atoms with E-state index in [1.54, 1.807) is 13.8 Å². The van der Waals surface area contributed by atoms with Gasteiger partial charge in [-0.05, 0) is 13.8 Å². The van der Waals surface area contributed by atoms with Gasteiger partial charge in [-0.25, -0.2) is 8.42 Å². The van der Waals surface area contributed by atoms with Gasteiger partial charge in [0.15, 0.2) is 9.84 Å². The lowest BCUT2D eigenvalue weighted by molar-refractivity contribution is 0.393. The van der Waals surface area contributed by atoms with E-state index in [2.05, 4.69) is 5.16 Å². The fraction of sp³-hybridized carbons (Fsp3) is 0.429. The number of aromatic nitrogens is 1. The van der Waals surface area contributed by atoms with Crippen LogP contribution in [0.5, 0.6) is 0 Å². The molecule has 0 amide bonds. The maximum absolute atomic E-state index is 10.9. The summed E-state index contributed by atoms with van der Waals surface area (Å²) in [6, 6.07) is 0. The van der Waals surface area contributed by atoms with E-state index < -0.39 is 9.84 Å². The molecule has 5 heteroatoms. The highest BCUT2D eigenvalue weighted by Crippen LogP contribution is 2.16. The molecule has 0 atom stereocenters. The van der Waals surface area contributed by atoms with Crippen LogP contribution < -0.4 is 0 Å². The predicted molar refractivity (Wildman–Crippen MR) is 44.2 cm³/mol. The SMILES string of the molecule is Cc1noc(C)c1[CH]S(C)(=O)=O. The summed E-state index contributed by atoms with van der Waals surface area (Å²) < 4.78 is 26.6. The zero-order valence-corrected chi connectivity index (χ0v) is 7.97. The maximum atomic E-state index is 10.9. The molecule has 0 aliphatic carbocycles. The van der Waals surface area contributed by atoms with Crippen molar-refractivity contribution in [3.63, 3.8) is 0 Å². The lowest BCUT2D eigenvalue weighted by atomic mass is 10.2. The fourth-order valence-electron chi connectivity index (χ4n) is 0.872. The highest BCUT2D eigenvalue weighted by molar-refractivity contribution is 7.92. The Bertz CT molecular complexity index is 358. The molecule has 0 aliphatic rings. The lowest BCUT2D eigenvalue weighted by Gasteiger charge is -1.94. The van der Waals surface area contributed by atoms with Gasteiger partial charge < -0.3 is 4.52 Å². The van der Waals surface area contributed by atoms with Crippen LogP contribution in [0.25, 0.3) is 0 Å². The number of sulfone groups is 1. The minimum atomic E-state index is -3.12. The van der Waals surface area contributed by atoms with Crippen LogP contribution in [0.1, 0.15) is 17.0 Å². The average Bonchev–Trinajstić information content (AvgIpc) is 2.16. The summed E-state index contributed by atoms with van der Waals surface area (Å²) >= 11 is 0. The van der Waals surface area contributed by atoms with Gasteiger partial charge in [-0.15, -0.1) is 0 Å². The van der Waals surface area contributed by atoms with Crippen LogP contribution in [0.15, 0.2) is 4.52 Å². The van der Waals surface area contributed by atoms with E-state index in [0.29, 0.717) is 17.0 Å². The summed E-state index contributed by atoms with van der Waals surface area (Å²) in [4.78, 5) is 0. The second kappa shape index (κ2) is 2.90. The minimum absolute atomic E-state index is 0.526. The van der Waals surface area contributed by atoms with Gasteiger partial charge in [-0.2, -0.15) is 0 Å². The molecule has 1 radical (unpaired) electrons. The summed E-state index contributed by atoms with van der Waals surface area (Å²) in [6.45, 7) is 3.38.